The third kappa shape index (κ3) is 4.55. The molecule has 0 radical (unpaired) electrons. The fourth-order valence-electron chi connectivity index (χ4n) is 5.66. The molecular weight excluding hydrogens is 435 g/mol. The third-order valence-corrected chi connectivity index (χ3v) is 7.27. The summed E-state index contributed by atoms with van der Waals surface area (Å²) in [6, 6.07) is 25.8. The fourth-order valence-corrected chi connectivity index (χ4v) is 5.66. The van der Waals surface area contributed by atoms with Gasteiger partial charge in [0.25, 0.3) is 0 Å². The van der Waals surface area contributed by atoms with Crippen molar-refractivity contribution in [1.82, 2.24) is 4.90 Å². The van der Waals surface area contributed by atoms with Crippen molar-refractivity contribution in [3.8, 4) is 0 Å². The van der Waals surface area contributed by atoms with Crippen LogP contribution in [0.2, 0.25) is 0 Å². The molecule has 0 spiro atoms. The Bertz CT molecular complexity index is 1100. The van der Waals surface area contributed by atoms with E-state index < -0.39 is 17.8 Å². The lowest BCUT2D eigenvalue weighted by Crippen LogP contribution is -2.53. The van der Waals surface area contributed by atoms with Gasteiger partial charge in [-0.2, -0.15) is 13.2 Å². The van der Waals surface area contributed by atoms with Gasteiger partial charge in [-0.25, -0.2) is 0 Å². The molecule has 34 heavy (non-hydrogen) atoms. The molecule has 3 aliphatic rings. The Morgan fingerprint density at radius 1 is 0.794 bits per heavy atom. The summed E-state index contributed by atoms with van der Waals surface area (Å²) in [7, 11) is 0. The lowest BCUT2D eigenvalue weighted by Gasteiger charge is -2.51. The molecule has 3 aromatic rings. The predicted octanol–water partition coefficient (Wildman–Crippen LogP) is 6.59. The van der Waals surface area contributed by atoms with E-state index in [0.717, 1.165) is 43.6 Å². The van der Waals surface area contributed by atoms with Gasteiger partial charge in [-0.1, -0.05) is 84.4 Å². The number of aliphatic hydroxyl groups excluding tert-OH is 1. The smallest absolute Gasteiger partial charge is 0.384 e. The average molecular weight is 464 g/mol. The lowest BCUT2D eigenvalue weighted by atomic mass is 9.70. The number of fused-ring (bicyclic) bond motifs is 3. The highest BCUT2D eigenvalue weighted by molar-refractivity contribution is 5.41. The van der Waals surface area contributed by atoms with Crippen molar-refractivity contribution in [2.75, 3.05) is 13.1 Å². The number of piperidine rings is 3. The molecule has 0 aliphatic carbocycles. The van der Waals surface area contributed by atoms with Gasteiger partial charge in [0.15, 0.2) is 0 Å². The van der Waals surface area contributed by atoms with Crippen molar-refractivity contribution in [2.45, 2.75) is 37.1 Å². The van der Waals surface area contributed by atoms with Crippen molar-refractivity contribution in [2.24, 2.45) is 5.92 Å². The highest BCUT2D eigenvalue weighted by Crippen LogP contribution is 2.46. The van der Waals surface area contributed by atoms with Crippen molar-refractivity contribution in [3.05, 3.63) is 119 Å². The topological polar surface area (TPSA) is 23.5 Å². The predicted molar refractivity (Wildman–Crippen MR) is 127 cm³/mol. The molecule has 0 aromatic heterocycles. The quantitative estimate of drug-likeness (QED) is 0.432. The van der Waals surface area contributed by atoms with Crippen LogP contribution in [0.25, 0.3) is 0 Å². The highest BCUT2D eigenvalue weighted by atomic mass is 19.4. The molecule has 0 amide bonds. The number of aliphatic hydroxyl groups is 1. The van der Waals surface area contributed by atoms with Crippen LogP contribution < -0.4 is 0 Å². The molecule has 2 nitrogen and oxygen atoms in total. The minimum absolute atomic E-state index is 0.0535. The van der Waals surface area contributed by atoms with Gasteiger partial charge in [-0.15, -0.1) is 0 Å². The van der Waals surface area contributed by atoms with E-state index in [1.807, 2.05) is 42.5 Å². The molecule has 1 N–H and O–H groups in total. The molecule has 3 aromatic carbocycles. The van der Waals surface area contributed by atoms with Crippen molar-refractivity contribution >= 4 is 0 Å². The Balaban J connectivity index is 1.57. The molecule has 5 heteroatoms. The van der Waals surface area contributed by atoms with Gasteiger partial charge in [-0.3, -0.25) is 4.90 Å². The lowest BCUT2D eigenvalue weighted by molar-refractivity contribution is -0.137. The van der Waals surface area contributed by atoms with Gasteiger partial charge in [0.05, 0.1) is 11.7 Å². The molecule has 3 saturated heterocycles. The van der Waals surface area contributed by atoms with E-state index >= 15 is 0 Å². The van der Waals surface area contributed by atoms with Gasteiger partial charge in [0, 0.05) is 12.0 Å². The number of rotatable bonds is 5. The first-order chi connectivity index (χ1) is 16.4. The first-order valence-electron chi connectivity index (χ1n) is 11.8. The van der Waals surface area contributed by atoms with Crippen LogP contribution >= 0.6 is 0 Å². The number of hydrogen-bond acceptors (Lipinski definition) is 2. The Kier molecular flexibility index (Phi) is 6.32. The van der Waals surface area contributed by atoms with Gasteiger partial charge >= 0.3 is 6.18 Å². The first-order valence-corrected chi connectivity index (χ1v) is 11.8. The monoisotopic (exact) mass is 463 g/mol. The van der Waals surface area contributed by atoms with E-state index in [1.165, 1.54) is 17.2 Å². The van der Waals surface area contributed by atoms with Crippen LogP contribution in [0.5, 0.6) is 0 Å². The summed E-state index contributed by atoms with van der Waals surface area (Å²) in [6.45, 7) is 1.98. The molecule has 3 heterocycles. The van der Waals surface area contributed by atoms with Gasteiger partial charge in [0.1, 0.15) is 0 Å². The molecule has 2 atom stereocenters. The molecule has 176 valence electrons. The largest absolute Gasteiger partial charge is 0.416 e. The average Bonchev–Trinajstić information content (AvgIpc) is 2.87. The number of alkyl halides is 3. The van der Waals surface area contributed by atoms with Gasteiger partial charge < -0.3 is 5.11 Å². The second-order valence-corrected chi connectivity index (χ2v) is 9.29. The number of hydrogen-bond donors (Lipinski definition) is 1. The van der Waals surface area contributed by atoms with Crippen LogP contribution in [0.4, 0.5) is 13.2 Å². The Morgan fingerprint density at radius 3 is 1.91 bits per heavy atom. The van der Waals surface area contributed by atoms with Crippen molar-refractivity contribution in [3.63, 3.8) is 0 Å². The van der Waals surface area contributed by atoms with E-state index in [0.29, 0.717) is 5.92 Å². The molecule has 3 aliphatic heterocycles. The zero-order chi connectivity index (χ0) is 23.7. The summed E-state index contributed by atoms with van der Waals surface area (Å²) in [4.78, 5) is 2.48. The summed E-state index contributed by atoms with van der Waals surface area (Å²) >= 11 is 0. The van der Waals surface area contributed by atoms with E-state index in [4.69, 9.17) is 0 Å². The standard InChI is InChI=1S/C29H28F3NO/c30-29(31,32)24-13-7-12-23(18-24)26(34)19-25-20-14-16-33(17-15-20)28(25)27(21-8-3-1-4-9-21)22-10-5-2-6-11-22/h1-13,18-20,26-28,34H,14-17H2/b25-19+. The summed E-state index contributed by atoms with van der Waals surface area (Å²) in [5.41, 5.74) is 3.07. The Labute approximate surface area is 198 Å². The molecular formula is C29H28F3NO. The van der Waals surface area contributed by atoms with E-state index in [-0.39, 0.29) is 17.5 Å². The summed E-state index contributed by atoms with van der Waals surface area (Å²) in [5, 5.41) is 11.1. The van der Waals surface area contributed by atoms with E-state index in [2.05, 4.69) is 29.2 Å². The van der Waals surface area contributed by atoms with Gasteiger partial charge in [0.2, 0.25) is 0 Å². The maximum atomic E-state index is 13.3. The van der Waals surface area contributed by atoms with Crippen molar-refractivity contribution < 1.29 is 18.3 Å². The third-order valence-electron chi connectivity index (χ3n) is 7.27. The summed E-state index contributed by atoms with van der Waals surface area (Å²) in [5.74, 6) is 0.399. The molecule has 3 fully saturated rings. The van der Waals surface area contributed by atoms with Crippen LogP contribution in [0.3, 0.4) is 0 Å². The van der Waals surface area contributed by atoms with Crippen LogP contribution in [-0.4, -0.2) is 29.1 Å². The Hall–Kier alpha value is -2.89. The molecule has 6 rings (SSSR count). The molecule has 0 saturated carbocycles. The summed E-state index contributed by atoms with van der Waals surface area (Å²) < 4.78 is 39.8. The first kappa shape index (κ1) is 22.9. The van der Waals surface area contributed by atoms with Crippen molar-refractivity contribution in [1.29, 1.82) is 0 Å². The normalized spacial score (nSPS) is 24.5. The number of benzene rings is 3. The van der Waals surface area contributed by atoms with Crippen LogP contribution in [0.1, 0.15) is 47.1 Å². The second kappa shape index (κ2) is 9.40. The van der Waals surface area contributed by atoms with Crippen LogP contribution in [-0.2, 0) is 6.18 Å². The number of halogens is 3. The minimum Gasteiger partial charge on any atom is -0.384 e. The Morgan fingerprint density at radius 2 is 1.35 bits per heavy atom. The maximum absolute atomic E-state index is 13.3. The van der Waals surface area contributed by atoms with Crippen LogP contribution in [0.15, 0.2) is 96.6 Å². The highest BCUT2D eigenvalue weighted by Gasteiger charge is 2.43. The van der Waals surface area contributed by atoms with Gasteiger partial charge in [-0.05, 0) is 60.7 Å². The SMILES string of the molecule is OC(/C=C1\C2CCN(CC2)C1C(c1ccccc1)c1ccccc1)c1cccc(C(F)(F)F)c1. The fraction of sp³-hybridized carbons (Fsp3) is 0.310. The second-order valence-electron chi connectivity index (χ2n) is 9.29. The number of nitrogens with zero attached hydrogens (tertiary/aromatic N) is 1. The van der Waals surface area contributed by atoms with E-state index in [9.17, 15) is 18.3 Å². The van der Waals surface area contributed by atoms with E-state index in [1.54, 1.807) is 6.07 Å². The zero-order valence-electron chi connectivity index (χ0n) is 18.8. The molecule has 2 bridgehead atoms. The maximum Gasteiger partial charge on any atom is 0.416 e. The molecule has 2 unspecified atom stereocenters. The minimum atomic E-state index is -4.44. The summed E-state index contributed by atoms with van der Waals surface area (Å²) in [6.07, 6.45) is -1.68. The zero-order valence-corrected chi connectivity index (χ0v) is 18.8. The van der Waals surface area contributed by atoms with Crippen LogP contribution in [0, 0.1) is 5.92 Å².